The molecule has 30 heavy (non-hydrogen) atoms. The number of hydrogen-bond donors (Lipinski definition) is 1. The molecule has 1 aliphatic heterocycles. The number of nitrogens with one attached hydrogen (secondary N) is 1. The van der Waals surface area contributed by atoms with Crippen molar-refractivity contribution >= 4 is 46.8 Å². The van der Waals surface area contributed by atoms with E-state index in [1.54, 1.807) is 29.2 Å². The monoisotopic (exact) mass is 445 g/mol. The highest BCUT2D eigenvalue weighted by atomic mass is 35.5. The van der Waals surface area contributed by atoms with Crippen LogP contribution in [-0.2, 0) is 9.59 Å². The van der Waals surface area contributed by atoms with Crippen molar-refractivity contribution in [2.24, 2.45) is 0 Å². The number of halogens is 2. The van der Waals surface area contributed by atoms with E-state index in [1.165, 1.54) is 6.08 Å². The first kappa shape index (κ1) is 22.3. The Morgan fingerprint density at radius 1 is 0.967 bits per heavy atom. The van der Waals surface area contributed by atoms with Gasteiger partial charge in [0.05, 0.1) is 6.54 Å². The summed E-state index contributed by atoms with van der Waals surface area (Å²) in [5.41, 5.74) is 3.60. The molecular formula is C23H25Cl2N3O2. The summed E-state index contributed by atoms with van der Waals surface area (Å²) in [6.07, 6.45) is 3.15. The Labute approximate surface area is 187 Å². The van der Waals surface area contributed by atoms with Crippen LogP contribution in [0.2, 0.25) is 10.0 Å². The van der Waals surface area contributed by atoms with Gasteiger partial charge in [-0.2, -0.15) is 0 Å². The average Bonchev–Trinajstić information content (AvgIpc) is 2.71. The molecule has 5 nitrogen and oxygen atoms in total. The van der Waals surface area contributed by atoms with E-state index in [0.29, 0.717) is 48.3 Å². The van der Waals surface area contributed by atoms with E-state index in [4.69, 9.17) is 23.2 Å². The molecule has 1 saturated heterocycles. The summed E-state index contributed by atoms with van der Waals surface area (Å²) in [6, 6.07) is 11.2. The van der Waals surface area contributed by atoms with Gasteiger partial charge < -0.3 is 10.2 Å². The number of benzene rings is 2. The molecule has 2 amide bonds. The molecular weight excluding hydrogens is 421 g/mol. The molecule has 2 aromatic rings. The quantitative estimate of drug-likeness (QED) is 0.693. The third-order valence-corrected chi connectivity index (χ3v) is 5.85. The average molecular weight is 446 g/mol. The van der Waals surface area contributed by atoms with Crippen molar-refractivity contribution in [2.75, 3.05) is 38.0 Å². The Balaban J connectivity index is 1.50. The molecule has 7 heteroatoms. The summed E-state index contributed by atoms with van der Waals surface area (Å²) in [5.74, 6) is -0.133. The van der Waals surface area contributed by atoms with Gasteiger partial charge in [0.15, 0.2) is 0 Å². The van der Waals surface area contributed by atoms with Crippen LogP contribution < -0.4 is 5.32 Å². The highest BCUT2D eigenvalue weighted by Crippen LogP contribution is 2.25. The number of nitrogens with zero attached hydrogens (tertiary/aromatic N) is 2. The van der Waals surface area contributed by atoms with Gasteiger partial charge in [0.25, 0.3) is 0 Å². The first-order chi connectivity index (χ1) is 14.3. The van der Waals surface area contributed by atoms with Crippen LogP contribution in [0.15, 0.2) is 42.5 Å². The highest BCUT2D eigenvalue weighted by Gasteiger charge is 2.21. The SMILES string of the molecule is Cc1cccc(C)c1NC(=O)CN1CCN(C(=O)C=Cc2c(Cl)cccc2Cl)CC1. The number of para-hydroxylation sites is 1. The summed E-state index contributed by atoms with van der Waals surface area (Å²) in [6.45, 7) is 6.69. The molecule has 0 aliphatic carbocycles. The fourth-order valence-electron chi connectivity index (χ4n) is 3.45. The lowest BCUT2D eigenvalue weighted by atomic mass is 10.1. The molecule has 0 radical (unpaired) electrons. The largest absolute Gasteiger partial charge is 0.337 e. The van der Waals surface area contributed by atoms with Gasteiger partial charge in [0, 0.05) is 53.6 Å². The van der Waals surface area contributed by atoms with E-state index in [1.807, 2.05) is 32.0 Å². The van der Waals surface area contributed by atoms with Crippen molar-refractivity contribution in [1.82, 2.24) is 9.80 Å². The van der Waals surface area contributed by atoms with Crippen LogP contribution in [0.25, 0.3) is 6.08 Å². The number of aryl methyl sites for hydroxylation is 2. The maximum absolute atomic E-state index is 12.5. The van der Waals surface area contributed by atoms with Gasteiger partial charge >= 0.3 is 0 Å². The van der Waals surface area contributed by atoms with E-state index >= 15 is 0 Å². The van der Waals surface area contributed by atoms with Crippen LogP contribution in [0.1, 0.15) is 16.7 Å². The molecule has 0 bridgehead atoms. The van der Waals surface area contributed by atoms with E-state index < -0.39 is 0 Å². The number of amides is 2. The van der Waals surface area contributed by atoms with Crippen LogP contribution in [0.4, 0.5) is 5.69 Å². The zero-order valence-electron chi connectivity index (χ0n) is 17.1. The molecule has 1 heterocycles. The predicted octanol–water partition coefficient (Wildman–Crippen LogP) is 4.41. The second-order valence-corrected chi connectivity index (χ2v) is 8.20. The van der Waals surface area contributed by atoms with Crippen molar-refractivity contribution in [2.45, 2.75) is 13.8 Å². The normalized spacial score (nSPS) is 14.9. The molecule has 1 aliphatic rings. The lowest BCUT2D eigenvalue weighted by Gasteiger charge is -2.33. The molecule has 0 atom stereocenters. The van der Waals surface area contributed by atoms with Gasteiger partial charge in [0.2, 0.25) is 11.8 Å². The van der Waals surface area contributed by atoms with Crippen LogP contribution in [0.5, 0.6) is 0 Å². The summed E-state index contributed by atoms with van der Waals surface area (Å²) < 4.78 is 0. The fraction of sp³-hybridized carbons (Fsp3) is 0.304. The van der Waals surface area contributed by atoms with Crippen LogP contribution >= 0.6 is 23.2 Å². The zero-order chi connectivity index (χ0) is 21.7. The van der Waals surface area contributed by atoms with Gasteiger partial charge in [-0.05, 0) is 43.2 Å². The summed E-state index contributed by atoms with van der Waals surface area (Å²) >= 11 is 12.3. The molecule has 2 aromatic carbocycles. The van der Waals surface area contributed by atoms with Gasteiger partial charge in [-0.1, -0.05) is 47.5 Å². The third kappa shape index (κ3) is 5.63. The predicted molar refractivity (Wildman–Crippen MR) is 123 cm³/mol. The van der Waals surface area contributed by atoms with Crippen molar-refractivity contribution in [3.63, 3.8) is 0 Å². The second kappa shape index (κ2) is 10.1. The topological polar surface area (TPSA) is 52.7 Å². The van der Waals surface area contributed by atoms with Gasteiger partial charge in [-0.15, -0.1) is 0 Å². The van der Waals surface area contributed by atoms with Crippen molar-refractivity contribution in [3.05, 3.63) is 69.2 Å². The lowest BCUT2D eigenvalue weighted by molar-refractivity contribution is -0.127. The standard InChI is InChI=1S/C23H25Cl2N3O2/c1-16-5-3-6-17(2)23(16)26-21(29)15-27-11-13-28(14-12-27)22(30)10-9-18-19(24)7-4-8-20(18)25/h3-10H,11-15H2,1-2H3,(H,26,29). The third-order valence-electron chi connectivity index (χ3n) is 5.19. The Morgan fingerprint density at radius 3 is 2.13 bits per heavy atom. The molecule has 0 spiro atoms. The molecule has 1 N–H and O–H groups in total. The van der Waals surface area contributed by atoms with Crippen molar-refractivity contribution < 1.29 is 9.59 Å². The smallest absolute Gasteiger partial charge is 0.246 e. The maximum Gasteiger partial charge on any atom is 0.246 e. The highest BCUT2D eigenvalue weighted by molar-refractivity contribution is 6.37. The molecule has 158 valence electrons. The maximum atomic E-state index is 12.5. The van der Waals surface area contributed by atoms with Gasteiger partial charge in [0.1, 0.15) is 0 Å². The first-order valence-corrected chi connectivity index (χ1v) is 10.6. The molecule has 1 fully saturated rings. The molecule has 0 saturated carbocycles. The van der Waals surface area contributed by atoms with Gasteiger partial charge in [-0.25, -0.2) is 0 Å². The summed E-state index contributed by atoms with van der Waals surface area (Å²) in [4.78, 5) is 28.8. The van der Waals surface area contributed by atoms with E-state index in [0.717, 1.165) is 16.8 Å². The van der Waals surface area contributed by atoms with E-state index in [-0.39, 0.29) is 11.8 Å². The molecule has 0 unspecified atom stereocenters. The second-order valence-electron chi connectivity index (χ2n) is 7.39. The van der Waals surface area contributed by atoms with Crippen LogP contribution in [0, 0.1) is 13.8 Å². The Bertz CT molecular complexity index is 926. The molecule has 3 rings (SSSR count). The Kier molecular flexibility index (Phi) is 7.53. The lowest BCUT2D eigenvalue weighted by Crippen LogP contribution is -2.50. The Hall–Kier alpha value is -2.34. The van der Waals surface area contributed by atoms with Crippen molar-refractivity contribution in [3.8, 4) is 0 Å². The fourth-order valence-corrected chi connectivity index (χ4v) is 3.97. The van der Waals surface area contributed by atoms with Crippen molar-refractivity contribution in [1.29, 1.82) is 0 Å². The zero-order valence-corrected chi connectivity index (χ0v) is 18.6. The first-order valence-electron chi connectivity index (χ1n) is 9.84. The van der Waals surface area contributed by atoms with Crippen LogP contribution in [-0.4, -0.2) is 54.3 Å². The molecule has 0 aromatic heterocycles. The summed E-state index contributed by atoms with van der Waals surface area (Å²) in [7, 11) is 0. The number of anilines is 1. The van der Waals surface area contributed by atoms with Gasteiger partial charge in [-0.3, -0.25) is 14.5 Å². The van der Waals surface area contributed by atoms with E-state index in [2.05, 4.69) is 10.2 Å². The minimum absolute atomic E-state index is 0.0413. The number of rotatable bonds is 5. The minimum atomic E-state index is -0.0920. The number of carbonyl (C=O) groups excluding carboxylic acids is 2. The minimum Gasteiger partial charge on any atom is -0.337 e. The Morgan fingerprint density at radius 2 is 1.53 bits per heavy atom. The van der Waals surface area contributed by atoms with Crippen LogP contribution in [0.3, 0.4) is 0 Å². The number of carbonyl (C=O) groups is 2. The summed E-state index contributed by atoms with van der Waals surface area (Å²) in [5, 5.41) is 4.02. The van der Waals surface area contributed by atoms with E-state index in [9.17, 15) is 9.59 Å². The number of hydrogen-bond acceptors (Lipinski definition) is 3. The number of piperazine rings is 1.